The molecule has 1 atom stereocenters. The lowest BCUT2D eigenvalue weighted by Crippen LogP contribution is -2.47. The second-order valence-corrected chi connectivity index (χ2v) is 6.84. The number of hydrogen-bond donors (Lipinski definition) is 1. The van der Waals surface area contributed by atoms with Gasteiger partial charge in [0.25, 0.3) is 0 Å². The molecule has 0 bridgehead atoms. The van der Waals surface area contributed by atoms with E-state index in [9.17, 15) is 4.79 Å². The van der Waals surface area contributed by atoms with Gasteiger partial charge in [0.05, 0.1) is 19.3 Å². The van der Waals surface area contributed by atoms with Gasteiger partial charge in [-0.2, -0.15) is 0 Å². The molecule has 0 spiro atoms. The molecule has 1 aliphatic heterocycles. The minimum Gasteiger partial charge on any atom is -0.480 e. The average Bonchev–Trinajstić information content (AvgIpc) is 3.31. The number of nitrogens with zero attached hydrogens (tertiary/aromatic N) is 2. The van der Waals surface area contributed by atoms with Crippen molar-refractivity contribution in [3.05, 3.63) is 35.4 Å². The quantitative estimate of drug-likeness (QED) is 0.830. The predicted molar refractivity (Wildman–Crippen MR) is 88.6 cm³/mol. The van der Waals surface area contributed by atoms with Crippen molar-refractivity contribution in [2.24, 2.45) is 0 Å². The Morgan fingerprint density at radius 3 is 3.00 bits per heavy atom. The molecular weight excluding hydrogens is 292 g/mol. The third-order valence-electron chi connectivity index (χ3n) is 4.55. The van der Waals surface area contributed by atoms with Gasteiger partial charge in [-0.25, -0.2) is 0 Å². The first kappa shape index (κ1) is 16.4. The molecule has 1 unspecified atom stereocenters. The Morgan fingerprint density at radius 1 is 1.43 bits per heavy atom. The number of carboxylic acid groups (broad SMARTS) is 1. The molecule has 1 N–H and O–H groups in total. The molecule has 1 aromatic rings. The van der Waals surface area contributed by atoms with E-state index < -0.39 is 5.97 Å². The van der Waals surface area contributed by atoms with E-state index in [1.165, 1.54) is 24.0 Å². The van der Waals surface area contributed by atoms with Crippen molar-refractivity contribution >= 4 is 5.97 Å². The van der Waals surface area contributed by atoms with E-state index in [2.05, 4.69) is 29.2 Å². The molecule has 0 aromatic heterocycles. The highest BCUT2D eigenvalue weighted by Gasteiger charge is 2.25. The van der Waals surface area contributed by atoms with Gasteiger partial charge in [0, 0.05) is 26.2 Å². The van der Waals surface area contributed by atoms with Crippen LogP contribution < -0.4 is 0 Å². The highest BCUT2D eigenvalue weighted by Crippen LogP contribution is 2.40. The normalized spacial score (nSPS) is 22.4. The van der Waals surface area contributed by atoms with E-state index in [1.54, 1.807) is 0 Å². The summed E-state index contributed by atoms with van der Waals surface area (Å²) in [6.07, 6.45) is 2.75. The number of aliphatic carboxylic acids is 1. The molecule has 2 aliphatic rings. The molecule has 1 heterocycles. The first-order valence-corrected chi connectivity index (χ1v) is 8.43. The number of morpholine rings is 1. The van der Waals surface area contributed by atoms with Crippen LogP contribution in [-0.2, 0) is 16.1 Å². The van der Waals surface area contributed by atoms with E-state index in [1.807, 2.05) is 11.9 Å². The zero-order chi connectivity index (χ0) is 16.2. The monoisotopic (exact) mass is 318 g/mol. The molecule has 2 fully saturated rings. The standard InChI is InChI=1S/C18H26N2O3/c1-19(13-18(21)22)11-17-12-20(7-8-23-17)10-14-3-2-4-16(9-14)15-5-6-15/h2-4,9,15,17H,5-8,10-13H2,1H3,(H,21,22). The number of likely N-dealkylation sites (N-methyl/N-ethyl adjacent to an activating group) is 1. The number of rotatable bonds is 7. The Labute approximate surface area is 137 Å². The zero-order valence-corrected chi connectivity index (χ0v) is 13.8. The zero-order valence-electron chi connectivity index (χ0n) is 13.8. The van der Waals surface area contributed by atoms with Crippen molar-refractivity contribution in [1.29, 1.82) is 0 Å². The van der Waals surface area contributed by atoms with Crippen LogP contribution in [0.4, 0.5) is 0 Å². The Hall–Kier alpha value is -1.43. The van der Waals surface area contributed by atoms with Gasteiger partial charge in [-0.05, 0) is 36.9 Å². The van der Waals surface area contributed by atoms with Crippen molar-refractivity contribution in [2.75, 3.05) is 39.8 Å². The van der Waals surface area contributed by atoms with Crippen LogP contribution >= 0.6 is 0 Å². The van der Waals surface area contributed by atoms with Gasteiger partial charge in [0.15, 0.2) is 0 Å². The molecule has 1 saturated carbocycles. The van der Waals surface area contributed by atoms with Crippen LogP contribution in [0.3, 0.4) is 0 Å². The van der Waals surface area contributed by atoms with Crippen LogP contribution in [0.5, 0.6) is 0 Å². The van der Waals surface area contributed by atoms with Crippen LogP contribution in [0, 0.1) is 0 Å². The molecule has 5 heteroatoms. The first-order valence-electron chi connectivity index (χ1n) is 8.43. The van der Waals surface area contributed by atoms with E-state index in [0.29, 0.717) is 13.2 Å². The molecule has 3 rings (SSSR count). The third kappa shape index (κ3) is 5.03. The number of carbonyl (C=O) groups is 1. The topological polar surface area (TPSA) is 53.0 Å². The summed E-state index contributed by atoms with van der Waals surface area (Å²) in [5.74, 6) is -0.00545. The Balaban J connectivity index is 1.52. The molecule has 0 amide bonds. The van der Waals surface area contributed by atoms with Crippen LogP contribution in [0.15, 0.2) is 24.3 Å². The molecule has 5 nitrogen and oxygen atoms in total. The third-order valence-corrected chi connectivity index (χ3v) is 4.55. The number of hydrogen-bond acceptors (Lipinski definition) is 4. The fourth-order valence-electron chi connectivity index (χ4n) is 3.30. The highest BCUT2D eigenvalue weighted by atomic mass is 16.5. The second kappa shape index (κ2) is 7.43. The van der Waals surface area contributed by atoms with Crippen LogP contribution in [0.2, 0.25) is 0 Å². The Kier molecular flexibility index (Phi) is 5.30. The fraction of sp³-hybridized carbons (Fsp3) is 0.611. The van der Waals surface area contributed by atoms with Crippen LogP contribution in [-0.4, -0.2) is 66.8 Å². The maximum atomic E-state index is 10.8. The predicted octanol–water partition coefficient (Wildman–Crippen LogP) is 1.78. The summed E-state index contributed by atoms with van der Waals surface area (Å²) in [6.45, 7) is 4.18. The summed E-state index contributed by atoms with van der Waals surface area (Å²) in [5.41, 5.74) is 2.85. The van der Waals surface area contributed by atoms with Gasteiger partial charge in [0.2, 0.25) is 0 Å². The fourth-order valence-corrected chi connectivity index (χ4v) is 3.30. The summed E-state index contributed by atoms with van der Waals surface area (Å²) >= 11 is 0. The first-order chi connectivity index (χ1) is 11.1. The lowest BCUT2D eigenvalue weighted by molar-refractivity contribution is -0.138. The maximum absolute atomic E-state index is 10.8. The summed E-state index contributed by atoms with van der Waals surface area (Å²) in [6, 6.07) is 8.96. The average molecular weight is 318 g/mol. The minimum absolute atomic E-state index is 0.0588. The smallest absolute Gasteiger partial charge is 0.317 e. The van der Waals surface area contributed by atoms with E-state index >= 15 is 0 Å². The van der Waals surface area contributed by atoms with E-state index in [-0.39, 0.29) is 12.6 Å². The van der Waals surface area contributed by atoms with Gasteiger partial charge in [-0.15, -0.1) is 0 Å². The summed E-state index contributed by atoms with van der Waals surface area (Å²) in [5, 5.41) is 8.84. The molecule has 23 heavy (non-hydrogen) atoms. The van der Waals surface area contributed by atoms with Crippen LogP contribution in [0.1, 0.15) is 29.9 Å². The largest absolute Gasteiger partial charge is 0.480 e. The molecule has 126 valence electrons. The Bertz CT molecular complexity index is 545. The van der Waals surface area contributed by atoms with Gasteiger partial charge >= 0.3 is 5.97 Å². The van der Waals surface area contributed by atoms with Gasteiger partial charge in [-0.1, -0.05) is 24.3 Å². The van der Waals surface area contributed by atoms with Gasteiger partial charge in [0.1, 0.15) is 0 Å². The number of carboxylic acids is 1. The van der Waals surface area contributed by atoms with E-state index in [0.717, 1.165) is 25.6 Å². The SMILES string of the molecule is CN(CC(=O)O)CC1CN(Cc2cccc(C3CC3)c2)CCO1. The van der Waals surface area contributed by atoms with Gasteiger partial charge in [-0.3, -0.25) is 14.6 Å². The molecule has 1 aromatic carbocycles. The van der Waals surface area contributed by atoms with E-state index in [4.69, 9.17) is 9.84 Å². The lowest BCUT2D eigenvalue weighted by atomic mass is 10.1. The summed E-state index contributed by atoms with van der Waals surface area (Å²) in [7, 11) is 1.83. The second-order valence-electron chi connectivity index (χ2n) is 6.84. The molecule has 1 saturated heterocycles. The van der Waals surface area contributed by atoms with Crippen molar-refractivity contribution in [3.63, 3.8) is 0 Å². The van der Waals surface area contributed by atoms with Crippen molar-refractivity contribution in [3.8, 4) is 0 Å². The number of benzene rings is 1. The van der Waals surface area contributed by atoms with Gasteiger partial charge < -0.3 is 9.84 Å². The summed E-state index contributed by atoms with van der Waals surface area (Å²) in [4.78, 5) is 15.0. The Morgan fingerprint density at radius 2 is 2.26 bits per heavy atom. The molecule has 1 aliphatic carbocycles. The minimum atomic E-state index is -0.794. The lowest BCUT2D eigenvalue weighted by Gasteiger charge is -2.34. The number of ether oxygens (including phenoxy) is 1. The molecule has 0 radical (unpaired) electrons. The summed E-state index contributed by atoms with van der Waals surface area (Å²) < 4.78 is 5.79. The van der Waals surface area contributed by atoms with Crippen LogP contribution in [0.25, 0.3) is 0 Å². The van der Waals surface area contributed by atoms with Crippen molar-refractivity contribution in [1.82, 2.24) is 9.80 Å². The van der Waals surface area contributed by atoms with Crippen molar-refractivity contribution < 1.29 is 14.6 Å². The van der Waals surface area contributed by atoms with Crippen molar-refractivity contribution in [2.45, 2.75) is 31.4 Å². The molecular formula is C18H26N2O3. The highest BCUT2D eigenvalue weighted by molar-refractivity contribution is 5.69. The maximum Gasteiger partial charge on any atom is 0.317 e.